The molecule has 2 N–H and O–H groups in total. The van der Waals surface area contributed by atoms with Gasteiger partial charge in [-0.1, -0.05) is 30.3 Å². The molecule has 0 saturated carbocycles. The van der Waals surface area contributed by atoms with Crippen molar-refractivity contribution in [2.24, 2.45) is 4.99 Å². The molecule has 166 valence electrons. The summed E-state index contributed by atoms with van der Waals surface area (Å²) < 4.78 is 0. The Morgan fingerprint density at radius 3 is 2.58 bits per heavy atom. The standard InChI is InChI=1S/C23H20N6O4/c1-15-19(21(30)31)20(16-6-3-2-4-7-16)28-22(27-15)24-13-11-23(10-5-12-26-23)18-9-8-17(14-25-18)29(32)33/h2-10,12,14H,11,13H2,1H3,(H,30,31)(H,24,27,28). The lowest BCUT2D eigenvalue weighted by Gasteiger charge is -2.24. The second-order valence-electron chi connectivity index (χ2n) is 7.42. The summed E-state index contributed by atoms with van der Waals surface area (Å²) in [7, 11) is 0. The van der Waals surface area contributed by atoms with E-state index in [0.29, 0.717) is 41.6 Å². The van der Waals surface area contributed by atoms with Gasteiger partial charge in [-0.3, -0.25) is 20.1 Å². The number of anilines is 1. The van der Waals surface area contributed by atoms with Crippen LogP contribution in [0.3, 0.4) is 0 Å². The summed E-state index contributed by atoms with van der Waals surface area (Å²) in [6.07, 6.45) is 7.06. The van der Waals surface area contributed by atoms with E-state index >= 15 is 0 Å². The first-order valence-electron chi connectivity index (χ1n) is 10.1. The molecule has 0 radical (unpaired) electrons. The molecule has 0 aliphatic carbocycles. The highest BCUT2D eigenvalue weighted by Crippen LogP contribution is 2.33. The van der Waals surface area contributed by atoms with E-state index in [1.807, 2.05) is 24.3 Å². The fraction of sp³-hybridized carbons (Fsp3) is 0.174. The second kappa shape index (κ2) is 8.95. The Balaban J connectivity index is 1.57. The van der Waals surface area contributed by atoms with Gasteiger partial charge in [0.05, 0.1) is 22.0 Å². The topological polar surface area (TPSA) is 144 Å². The first-order valence-corrected chi connectivity index (χ1v) is 10.1. The van der Waals surface area contributed by atoms with Gasteiger partial charge in [0.1, 0.15) is 17.3 Å². The number of nitro groups is 1. The van der Waals surface area contributed by atoms with Gasteiger partial charge < -0.3 is 10.4 Å². The maximum atomic E-state index is 11.8. The monoisotopic (exact) mass is 444 g/mol. The molecule has 4 rings (SSSR count). The summed E-state index contributed by atoms with van der Waals surface area (Å²) in [5.41, 5.74) is 1.16. The highest BCUT2D eigenvalue weighted by Gasteiger charge is 2.32. The van der Waals surface area contributed by atoms with Gasteiger partial charge in [0, 0.05) is 24.4 Å². The van der Waals surface area contributed by atoms with Gasteiger partial charge in [0.2, 0.25) is 5.95 Å². The Hall–Kier alpha value is -4.47. The minimum Gasteiger partial charge on any atom is -0.478 e. The number of aromatic carboxylic acids is 1. The Bertz CT molecular complexity index is 1240. The van der Waals surface area contributed by atoms with E-state index in [-0.39, 0.29) is 11.3 Å². The lowest BCUT2D eigenvalue weighted by molar-refractivity contribution is -0.385. The number of aromatic nitrogens is 3. The van der Waals surface area contributed by atoms with Gasteiger partial charge in [0.25, 0.3) is 5.69 Å². The number of benzene rings is 1. The molecular weight excluding hydrogens is 424 g/mol. The number of pyridine rings is 1. The summed E-state index contributed by atoms with van der Waals surface area (Å²) in [5, 5.41) is 23.7. The minimum absolute atomic E-state index is 0.0571. The van der Waals surface area contributed by atoms with Crippen LogP contribution in [0.4, 0.5) is 11.6 Å². The van der Waals surface area contributed by atoms with E-state index in [4.69, 9.17) is 0 Å². The number of carbonyl (C=O) groups is 1. The molecule has 0 saturated heterocycles. The number of aliphatic imine (C=N–C) groups is 1. The second-order valence-corrected chi connectivity index (χ2v) is 7.42. The lowest BCUT2D eigenvalue weighted by Crippen LogP contribution is -2.25. The highest BCUT2D eigenvalue weighted by molar-refractivity contribution is 5.96. The zero-order valence-electron chi connectivity index (χ0n) is 17.7. The van der Waals surface area contributed by atoms with E-state index in [2.05, 4.69) is 25.3 Å². The van der Waals surface area contributed by atoms with Crippen LogP contribution in [0, 0.1) is 17.0 Å². The van der Waals surface area contributed by atoms with Gasteiger partial charge in [-0.15, -0.1) is 0 Å². The Labute approximate surface area is 188 Å². The van der Waals surface area contributed by atoms with Crippen molar-refractivity contribution in [2.75, 3.05) is 11.9 Å². The molecule has 1 aromatic carbocycles. The Morgan fingerprint density at radius 2 is 1.97 bits per heavy atom. The summed E-state index contributed by atoms with van der Waals surface area (Å²) in [4.78, 5) is 39.8. The predicted molar refractivity (Wildman–Crippen MR) is 122 cm³/mol. The maximum Gasteiger partial charge on any atom is 0.339 e. The van der Waals surface area contributed by atoms with Crippen molar-refractivity contribution in [1.82, 2.24) is 15.0 Å². The van der Waals surface area contributed by atoms with E-state index in [1.54, 1.807) is 37.4 Å². The third-order valence-electron chi connectivity index (χ3n) is 5.31. The van der Waals surface area contributed by atoms with Crippen molar-refractivity contribution in [1.29, 1.82) is 0 Å². The molecular formula is C23H20N6O4. The molecule has 1 unspecified atom stereocenters. The summed E-state index contributed by atoms with van der Waals surface area (Å²) in [6, 6.07) is 12.1. The lowest BCUT2D eigenvalue weighted by atomic mass is 9.92. The van der Waals surface area contributed by atoms with Crippen LogP contribution in [-0.2, 0) is 5.54 Å². The molecule has 1 atom stereocenters. The molecule has 3 heterocycles. The van der Waals surface area contributed by atoms with Crippen molar-refractivity contribution in [3.05, 3.63) is 87.9 Å². The van der Waals surface area contributed by atoms with Crippen molar-refractivity contribution in [2.45, 2.75) is 18.9 Å². The number of nitrogens with one attached hydrogen (secondary N) is 1. The number of hydrogen-bond acceptors (Lipinski definition) is 8. The van der Waals surface area contributed by atoms with E-state index < -0.39 is 16.4 Å². The summed E-state index contributed by atoms with van der Waals surface area (Å²) in [6.45, 7) is 2.04. The average molecular weight is 444 g/mol. The van der Waals surface area contributed by atoms with Crippen LogP contribution in [0.25, 0.3) is 11.3 Å². The molecule has 3 aromatic rings. The van der Waals surface area contributed by atoms with Crippen molar-refractivity contribution in [3.63, 3.8) is 0 Å². The number of hydrogen-bond donors (Lipinski definition) is 2. The van der Waals surface area contributed by atoms with Gasteiger partial charge in [-0.2, -0.15) is 0 Å². The fourth-order valence-electron chi connectivity index (χ4n) is 3.68. The number of allylic oxidation sites excluding steroid dienone is 1. The third kappa shape index (κ3) is 4.45. The molecule has 10 heteroatoms. The van der Waals surface area contributed by atoms with E-state index in [1.165, 1.54) is 12.3 Å². The van der Waals surface area contributed by atoms with Gasteiger partial charge >= 0.3 is 5.97 Å². The molecule has 10 nitrogen and oxygen atoms in total. The Morgan fingerprint density at radius 1 is 1.18 bits per heavy atom. The molecule has 2 aromatic heterocycles. The molecule has 0 bridgehead atoms. The van der Waals surface area contributed by atoms with E-state index in [0.717, 1.165) is 0 Å². The van der Waals surface area contributed by atoms with Crippen LogP contribution in [0.15, 0.2) is 65.8 Å². The highest BCUT2D eigenvalue weighted by atomic mass is 16.6. The van der Waals surface area contributed by atoms with Crippen LogP contribution in [0.1, 0.15) is 28.2 Å². The minimum atomic E-state index is -1.09. The van der Waals surface area contributed by atoms with Gasteiger partial charge in [0.15, 0.2) is 0 Å². The van der Waals surface area contributed by atoms with Crippen molar-refractivity contribution < 1.29 is 14.8 Å². The normalized spacial score (nSPS) is 16.6. The zero-order chi connectivity index (χ0) is 23.4. The molecule has 1 aliphatic heterocycles. The molecule has 1 aliphatic rings. The molecule has 33 heavy (non-hydrogen) atoms. The van der Waals surface area contributed by atoms with Crippen LogP contribution >= 0.6 is 0 Å². The largest absolute Gasteiger partial charge is 0.478 e. The SMILES string of the molecule is Cc1nc(NCCC2(c3ccc([N+](=O)[O-])cn3)C=CC=N2)nc(-c2ccccc2)c1C(=O)O. The Kier molecular flexibility index (Phi) is 5.90. The van der Waals surface area contributed by atoms with Gasteiger partial charge in [-0.25, -0.2) is 14.8 Å². The van der Waals surface area contributed by atoms with Crippen LogP contribution in [0.2, 0.25) is 0 Å². The smallest absolute Gasteiger partial charge is 0.339 e. The number of aryl methyl sites for hydroxylation is 1. The first-order chi connectivity index (χ1) is 15.9. The number of carboxylic acids is 1. The van der Waals surface area contributed by atoms with Crippen LogP contribution in [-0.4, -0.2) is 43.7 Å². The number of carboxylic acid groups (broad SMARTS) is 1. The molecule has 0 amide bonds. The average Bonchev–Trinajstić information content (AvgIpc) is 3.29. The summed E-state index contributed by atoms with van der Waals surface area (Å²) >= 11 is 0. The molecule has 0 fully saturated rings. The maximum absolute atomic E-state index is 11.8. The zero-order valence-corrected chi connectivity index (χ0v) is 17.7. The van der Waals surface area contributed by atoms with Crippen molar-refractivity contribution >= 4 is 23.8 Å². The van der Waals surface area contributed by atoms with E-state index in [9.17, 15) is 20.0 Å². The first kappa shape index (κ1) is 21.8. The van der Waals surface area contributed by atoms with Crippen molar-refractivity contribution in [3.8, 4) is 11.3 Å². The molecule has 0 spiro atoms. The predicted octanol–water partition coefficient (Wildman–Crippen LogP) is 3.79. The fourth-order valence-corrected chi connectivity index (χ4v) is 3.68. The van der Waals surface area contributed by atoms with Crippen LogP contribution in [0.5, 0.6) is 0 Å². The quantitative estimate of drug-likeness (QED) is 0.394. The number of rotatable bonds is 8. The van der Waals surface area contributed by atoms with Crippen LogP contribution < -0.4 is 5.32 Å². The summed E-state index contributed by atoms with van der Waals surface area (Å²) in [5.74, 6) is -0.791. The van der Waals surface area contributed by atoms with Gasteiger partial charge in [-0.05, 0) is 31.6 Å². The number of nitrogens with zero attached hydrogens (tertiary/aromatic N) is 5. The third-order valence-corrected chi connectivity index (χ3v) is 5.31.